The summed E-state index contributed by atoms with van der Waals surface area (Å²) in [6.45, 7) is 2.04. The van der Waals surface area contributed by atoms with Gasteiger partial charge in [0.25, 0.3) is 11.8 Å². The fourth-order valence-electron chi connectivity index (χ4n) is 3.23. The first-order chi connectivity index (χ1) is 15.1. The lowest BCUT2D eigenvalue weighted by Gasteiger charge is -2.22. The van der Waals surface area contributed by atoms with Crippen molar-refractivity contribution >= 4 is 11.8 Å². The highest BCUT2D eigenvalue weighted by Crippen LogP contribution is 2.18. The Labute approximate surface area is 182 Å². The number of amides is 2. The number of carbonyl (C=O) groups is 2. The third-order valence-electron chi connectivity index (χ3n) is 5.04. The van der Waals surface area contributed by atoms with Gasteiger partial charge in [0.1, 0.15) is 23.0 Å². The molecule has 0 atom stereocenters. The number of benzene rings is 2. The van der Waals surface area contributed by atoms with Gasteiger partial charge in [-0.3, -0.25) is 9.59 Å². The Morgan fingerprint density at radius 1 is 0.645 bits per heavy atom. The summed E-state index contributed by atoms with van der Waals surface area (Å²) in [5, 5.41) is 0. The van der Waals surface area contributed by atoms with Crippen LogP contribution in [0.4, 0.5) is 0 Å². The van der Waals surface area contributed by atoms with Crippen molar-refractivity contribution in [1.82, 2.24) is 9.80 Å². The Kier molecular flexibility index (Phi) is 7.98. The molecule has 0 unspecified atom stereocenters. The summed E-state index contributed by atoms with van der Waals surface area (Å²) < 4.78 is 21.4. The predicted octanol–water partition coefficient (Wildman–Crippen LogP) is 2.22. The second-order valence-corrected chi connectivity index (χ2v) is 7.04. The molecule has 1 fully saturated rings. The number of carbonyl (C=O) groups excluding carboxylic acids is 2. The fourth-order valence-corrected chi connectivity index (χ4v) is 3.23. The molecule has 1 aliphatic rings. The molecule has 31 heavy (non-hydrogen) atoms. The van der Waals surface area contributed by atoms with Crippen molar-refractivity contribution in [3.05, 3.63) is 48.5 Å². The topological polar surface area (TPSA) is 77.5 Å². The van der Waals surface area contributed by atoms with Gasteiger partial charge in [0.05, 0.1) is 14.2 Å². The number of ether oxygens (including phenoxy) is 4. The van der Waals surface area contributed by atoms with E-state index >= 15 is 0 Å². The van der Waals surface area contributed by atoms with Gasteiger partial charge in [0.2, 0.25) is 0 Å². The molecule has 0 N–H and O–H groups in total. The maximum absolute atomic E-state index is 12.5. The molecule has 1 saturated heterocycles. The van der Waals surface area contributed by atoms with Crippen LogP contribution in [0.25, 0.3) is 0 Å². The van der Waals surface area contributed by atoms with Gasteiger partial charge in [0, 0.05) is 26.2 Å². The molecule has 0 aliphatic carbocycles. The molecule has 1 heterocycles. The van der Waals surface area contributed by atoms with E-state index in [0.29, 0.717) is 44.1 Å². The molecular formula is C23H28N2O6. The van der Waals surface area contributed by atoms with E-state index in [4.69, 9.17) is 18.9 Å². The van der Waals surface area contributed by atoms with Gasteiger partial charge in [-0.15, -0.1) is 0 Å². The molecule has 166 valence electrons. The van der Waals surface area contributed by atoms with E-state index in [9.17, 15) is 9.59 Å². The van der Waals surface area contributed by atoms with Crippen molar-refractivity contribution in [2.75, 3.05) is 53.6 Å². The highest BCUT2D eigenvalue weighted by atomic mass is 16.5. The van der Waals surface area contributed by atoms with Crippen LogP contribution in [0.2, 0.25) is 0 Å². The first-order valence-electron chi connectivity index (χ1n) is 10.2. The minimum absolute atomic E-state index is 0.0408. The molecule has 0 bridgehead atoms. The van der Waals surface area contributed by atoms with E-state index < -0.39 is 0 Å². The van der Waals surface area contributed by atoms with Crippen molar-refractivity contribution in [2.24, 2.45) is 0 Å². The zero-order chi connectivity index (χ0) is 22.1. The summed E-state index contributed by atoms with van der Waals surface area (Å²) in [6.07, 6.45) is 0.711. The average molecular weight is 428 g/mol. The second-order valence-electron chi connectivity index (χ2n) is 7.04. The summed E-state index contributed by atoms with van der Waals surface area (Å²) in [6, 6.07) is 14.2. The molecule has 2 aromatic carbocycles. The van der Waals surface area contributed by atoms with Gasteiger partial charge in [-0.05, 0) is 55.0 Å². The van der Waals surface area contributed by atoms with Crippen LogP contribution in [0, 0.1) is 0 Å². The molecule has 3 rings (SSSR count). The molecular weight excluding hydrogens is 400 g/mol. The molecule has 0 spiro atoms. The number of methoxy groups -OCH3 is 2. The van der Waals surface area contributed by atoms with E-state index in [1.54, 1.807) is 72.6 Å². The first-order valence-corrected chi connectivity index (χ1v) is 10.2. The Morgan fingerprint density at radius 2 is 1.00 bits per heavy atom. The Balaban J connectivity index is 1.42. The van der Waals surface area contributed by atoms with Gasteiger partial charge >= 0.3 is 0 Å². The highest BCUT2D eigenvalue weighted by molar-refractivity contribution is 5.79. The summed E-state index contributed by atoms with van der Waals surface area (Å²) in [5.41, 5.74) is 0. The van der Waals surface area contributed by atoms with Crippen LogP contribution in [0.15, 0.2) is 48.5 Å². The van der Waals surface area contributed by atoms with E-state index in [1.807, 2.05) is 0 Å². The predicted molar refractivity (Wildman–Crippen MR) is 115 cm³/mol. The SMILES string of the molecule is COc1ccc(OCC(=O)N2CCCN(C(=O)COc3ccc(OC)cc3)CC2)cc1. The van der Waals surface area contributed by atoms with Crippen molar-refractivity contribution in [3.63, 3.8) is 0 Å². The van der Waals surface area contributed by atoms with Crippen molar-refractivity contribution in [2.45, 2.75) is 6.42 Å². The zero-order valence-corrected chi connectivity index (χ0v) is 17.9. The van der Waals surface area contributed by atoms with Crippen LogP contribution in [-0.4, -0.2) is 75.2 Å². The zero-order valence-electron chi connectivity index (χ0n) is 17.9. The lowest BCUT2D eigenvalue weighted by atomic mass is 10.3. The Hall–Kier alpha value is -3.42. The van der Waals surface area contributed by atoms with Crippen molar-refractivity contribution in [3.8, 4) is 23.0 Å². The van der Waals surface area contributed by atoms with Crippen LogP contribution in [0.1, 0.15) is 6.42 Å². The van der Waals surface area contributed by atoms with Crippen molar-refractivity contribution in [1.29, 1.82) is 0 Å². The normalized spacial score (nSPS) is 13.9. The average Bonchev–Trinajstić information content (AvgIpc) is 3.08. The van der Waals surface area contributed by atoms with Gasteiger partial charge in [-0.1, -0.05) is 0 Å². The third-order valence-corrected chi connectivity index (χ3v) is 5.04. The van der Waals surface area contributed by atoms with E-state index in [-0.39, 0.29) is 25.0 Å². The summed E-state index contributed by atoms with van der Waals surface area (Å²) in [5.74, 6) is 2.48. The number of hydrogen-bond acceptors (Lipinski definition) is 6. The van der Waals surface area contributed by atoms with Crippen molar-refractivity contribution < 1.29 is 28.5 Å². The Bertz CT molecular complexity index is 782. The maximum Gasteiger partial charge on any atom is 0.260 e. The molecule has 8 heteroatoms. The maximum atomic E-state index is 12.5. The van der Waals surface area contributed by atoms with Crippen LogP contribution in [0.5, 0.6) is 23.0 Å². The molecule has 2 aromatic rings. The first kappa shape index (κ1) is 22.3. The van der Waals surface area contributed by atoms with Crippen LogP contribution in [0.3, 0.4) is 0 Å². The summed E-state index contributed by atoms with van der Waals surface area (Å²) >= 11 is 0. The monoisotopic (exact) mass is 428 g/mol. The largest absolute Gasteiger partial charge is 0.497 e. The van der Waals surface area contributed by atoms with Crippen LogP contribution in [-0.2, 0) is 9.59 Å². The van der Waals surface area contributed by atoms with Gasteiger partial charge in [0.15, 0.2) is 13.2 Å². The molecule has 8 nitrogen and oxygen atoms in total. The third kappa shape index (κ3) is 6.53. The molecule has 0 radical (unpaired) electrons. The van der Waals surface area contributed by atoms with E-state index in [1.165, 1.54) is 0 Å². The van der Waals surface area contributed by atoms with E-state index in [0.717, 1.165) is 11.5 Å². The lowest BCUT2D eigenvalue weighted by molar-refractivity contribution is -0.135. The quantitative estimate of drug-likeness (QED) is 0.642. The standard InChI is InChI=1S/C23H28N2O6/c1-28-18-4-8-20(9-5-18)30-16-22(26)24-12-3-13-25(15-14-24)23(27)17-31-21-10-6-19(29-2)7-11-21/h4-11H,3,12-17H2,1-2H3. The van der Waals surface area contributed by atoms with Gasteiger partial charge in [-0.25, -0.2) is 0 Å². The van der Waals surface area contributed by atoms with Gasteiger partial charge < -0.3 is 28.7 Å². The van der Waals surface area contributed by atoms with Crippen LogP contribution >= 0.6 is 0 Å². The highest BCUT2D eigenvalue weighted by Gasteiger charge is 2.22. The number of hydrogen-bond donors (Lipinski definition) is 0. The van der Waals surface area contributed by atoms with Gasteiger partial charge in [-0.2, -0.15) is 0 Å². The van der Waals surface area contributed by atoms with E-state index in [2.05, 4.69) is 0 Å². The molecule has 2 amide bonds. The number of rotatable bonds is 8. The van der Waals surface area contributed by atoms with Crippen LogP contribution < -0.4 is 18.9 Å². The minimum Gasteiger partial charge on any atom is -0.497 e. The second kappa shape index (κ2) is 11.1. The fraction of sp³-hybridized carbons (Fsp3) is 0.391. The molecule has 1 aliphatic heterocycles. The minimum atomic E-state index is -0.0976. The molecule has 0 saturated carbocycles. The lowest BCUT2D eigenvalue weighted by Crippen LogP contribution is -2.40. The summed E-state index contributed by atoms with van der Waals surface area (Å²) in [4.78, 5) is 28.5. The molecule has 0 aromatic heterocycles. The number of nitrogens with zero attached hydrogens (tertiary/aromatic N) is 2. The smallest absolute Gasteiger partial charge is 0.260 e. The Morgan fingerprint density at radius 3 is 1.35 bits per heavy atom. The summed E-state index contributed by atoms with van der Waals surface area (Å²) in [7, 11) is 3.19.